The van der Waals surface area contributed by atoms with Gasteiger partial charge >= 0.3 is 0 Å². The zero-order valence-electron chi connectivity index (χ0n) is 13.2. The maximum Gasteiger partial charge on any atom is 0.265 e. The molecule has 0 saturated carbocycles. The molecule has 0 spiro atoms. The highest BCUT2D eigenvalue weighted by atomic mass is 16.5. The smallest absolute Gasteiger partial charge is 0.265 e. The van der Waals surface area contributed by atoms with Crippen LogP contribution in [0.2, 0.25) is 0 Å². The highest BCUT2D eigenvalue weighted by Crippen LogP contribution is 2.15. The highest BCUT2D eigenvalue weighted by Gasteiger charge is 2.18. The normalized spacial score (nSPS) is 11.4. The molecule has 2 aromatic carbocycles. The van der Waals surface area contributed by atoms with Crippen molar-refractivity contribution in [1.29, 1.82) is 0 Å². The van der Waals surface area contributed by atoms with Gasteiger partial charge in [0.1, 0.15) is 5.75 Å². The van der Waals surface area contributed by atoms with Gasteiger partial charge in [-0.15, -0.1) is 0 Å². The maximum absolute atomic E-state index is 12.3. The average Bonchev–Trinajstić information content (AvgIpc) is 2.60. The van der Waals surface area contributed by atoms with E-state index >= 15 is 0 Å². The van der Waals surface area contributed by atoms with Gasteiger partial charge in [-0.1, -0.05) is 25.1 Å². The Balaban J connectivity index is 2.00. The van der Waals surface area contributed by atoms with E-state index in [1.807, 2.05) is 37.3 Å². The lowest BCUT2D eigenvalue weighted by Gasteiger charge is -2.17. The van der Waals surface area contributed by atoms with Crippen LogP contribution in [0.5, 0.6) is 5.75 Å². The lowest BCUT2D eigenvalue weighted by molar-refractivity contribution is -0.122. The maximum atomic E-state index is 12.3. The summed E-state index contributed by atoms with van der Waals surface area (Å²) in [7, 11) is 1.57. The number of rotatable bonds is 6. The lowest BCUT2D eigenvalue weighted by Crippen LogP contribution is -2.32. The monoisotopic (exact) mass is 312 g/mol. The minimum atomic E-state index is -0.573. The summed E-state index contributed by atoms with van der Waals surface area (Å²) in [6, 6.07) is 15.9. The summed E-state index contributed by atoms with van der Waals surface area (Å²) >= 11 is 0. The van der Waals surface area contributed by atoms with Gasteiger partial charge in [-0.25, -0.2) is 0 Å². The van der Waals surface area contributed by atoms with Crippen molar-refractivity contribution in [1.82, 2.24) is 5.32 Å². The predicted octanol–water partition coefficient (Wildman–Crippen LogP) is 2.84. The molecule has 2 amide bonds. The quantitative estimate of drug-likeness (QED) is 0.862. The first-order valence-corrected chi connectivity index (χ1v) is 7.48. The largest absolute Gasteiger partial charge is 0.481 e. The van der Waals surface area contributed by atoms with E-state index in [4.69, 9.17) is 4.74 Å². The number of anilines is 1. The van der Waals surface area contributed by atoms with Gasteiger partial charge in [-0.05, 0) is 42.8 Å². The van der Waals surface area contributed by atoms with Crippen LogP contribution in [0.4, 0.5) is 5.69 Å². The van der Waals surface area contributed by atoms with E-state index < -0.39 is 6.10 Å². The molecule has 120 valence electrons. The second-order valence-corrected chi connectivity index (χ2v) is 4.97. The van der Waals surface area contributed by atoms with Gasteiger partial charge in [0.15, 0.2) is 6.10 Å². The van der Waals surface area contributed by atoms with Crippen molar-refractivity contribution in [2.75, 3.05) is 12.4 Å². The Hall–Kier alpha value is -2.82. The first-order chi connectivity index (χ1) is 11.1. The van der Waals surface area contributed by atoms with Crippen molar-refractivity contribution in [3.05, 3.63) is 60.2 Å². The number of amides is 2. The zero-order valence-corrected chi connectivity index (χ0v) is 13.2. The Morgan fingerprint density at radius 3 is 2.26 bits per heavy atom. The topological polar surface area (TPSA) is 67.4 Å². The standard InChI is InChI=1S/C18H20N2O3/c1-3-16(23-15-7-5-4-6-8-15)18(22)20-14-11-9-13(10-12-14)17(21)19-2/h4-12,16H,3H2,1-2H3,(H,19,21)(H,20,22). The fraction of sp³-hybridized carbons (Fsp3) is 0.222. The number of ether oxygens (including phenoxy) is 1. The Labute approximate surface area is 135 Å². The van der Waals surface area contributed by atoms with E-state index in [-0.39, 0.29) is 11.8 Å². The second kappa shape index (κ2) is 7.98. The number of hydrogen-bond acceptors (Lipinski definition) is 3. The molecule has 5 heteroatoms. The van der Waals surface area contributed by atoms with Crippen LogP contribution in [0.25, 0.3) is 0 Å². The van der Waals surface area contributed by atoms with E-state index in [1.54, 1.807) is 31.3 Å². The van der Waals surface area contributed by atoms with Crippen molar-refractivity contribution in [3.8, 4) is 5.75 Å². The zero-order chi connectivity index (χ0) is 16.7. The molecule has 0 saturated heterocycles. The molecule has 0 fully saturated rings. The molecule has 0 aliphatic carbocycles. The van der Waals surface area contributed by atoms with Crippen LogP contribution in [0.15, 0.2) is 54.6 Å². The Morgan fingerprint density at radius 2 is 1.70 bits per heavy atom. The van der Waals surface area contributed by atoms with Crippen LogP contribution in [0.1, 0.15) is 23.7 Å². The van der Waals surface area contributed by atoms with Crippen LogP contribution >= 0.6 is 0 Å². The molecule has 0 aromatic heterocycles. The molecule has 5 nitrogen and oxygen atoms in total. The van der Waals surface area contributed by atoms with Crippen molar-refractivity contribution in [2.45, 2.75) is 19.4 Å². The fourth-order valence-corrected chi connectivity index (χ4v) is 2.06. The predicted molar refractivity (Wildman–Crippen MR) is 89.6 cm³/mol. The van der Waals surface area contributed by atoms with Gasteiger partial charge in [0.05, 0.1) is 0 Å². The molecule has 0 bridgehead atoms. The second-order valence-electron chi connectivity index (χ2n) is 4.97. The van der Waals surface area contributed by atoms with Crippen molar-refractivity contribution in [2.24, 2.45) is 0 Å². The van der Waals surface area contributed by atoms with Gasteiger partial charge in [0.2, 0.25) is 0 Å². The minimum absolute atomic E-state index is 0.165. The third-order valence-electron chi connectivity index (χ3n) is 3.33. The van der Waals surface area contributed by atoms with Crippen molar-refractivity contribution >= 4 is 17.5 Å². The molecular weight excluding hydrogens is 292 g/mol. The molecule has 2 rings (SSSR count). The van der Waals surface area contributed by atoms with Crippen molar-refractivity contribution < 1.29 is 14.3 Å². The Morgan fingerprint density at radius 1 is 1.04 bits per heavy atom. The summed E-state index contributed by atoms with van der Waals surface area (Å²) in [6.07, 6.45) is -0.0205. The molecule has 2 aromatic rings. The third kappa shape index (κ3) is 4.57. The van der Waals surface area contributed by atoms with E-state index in [2.05, 4.69) is 10.6 Å². The molecule has 0 heterocycles. The van der Waals surface area contributed by atoms with Crippen LogP contribution in [-0.2, 0) is 4.79 Å². The fourth-order valence-electron chi connectivity index (χ4n) is 2.06. The van der Waals surface area contributed by atoms with Crippen LogP contribution in [-0.4, -0.2) is 25.0 Å². The lowest BCUT2D eigenvalue weighted by atomic mass is 10.2. The first-order valence-electron chi connectivity index (χ1n) is 7.48. The molecule has 1 atom stereocenters. The van der Waals surface area contributed by atoms with Gasteiger partial charge in [0.25, 0.3) is 11.8 Å². The summed E-state index contributed by atoms with van der Waals surface area (Å²) in [4.78, 5) is 23.8. The number of hydrogen-bond donors (Lipinski definition) is 2. The Kier molecular flexibility index (Phi) is 5.74. The summed E-state index contributed by atoms with van der Waals surface area (Å²) in [6.45, 7) is 1.89. The van der Waals surface area contributed by atoms with Gasteiger partial charge in [0, 0.05) is 18.3 Å². The molecule has 0 aliphatic rings. The number of carbonyl (C=O) groups is 2. The highest BCUT2D eigenvalue weighted by molar-refractivity contribution is 5.96. The number of para-hydroxylation sites is 1. The van der Waals surface area contributed by atoms with Crippen LogP contribution < -0.4 is 15.4 Å². The van der Waals surface area contributed by atoms with E-state index in [0.29, 0.717) is 23.4 Å². The summed E-state index contributed by atoms with van der Waals surface area (Å²) in [5.41, 5.74) is 1.16. The summed E-state index contributed by atoms with van der Waals surface area (Å²) in [5.74, 6) is 0.273. The van der Waals surface area contributed by atoms with Gasteiger partial charge in [-0.2, -0.15) is 0 Å². The molecule has 1 unspecified atom stereocenters. The summed E-state index contributed by atoms with van der Waals surface area (Å²) in [5, 5.41) is 5.35. The van der Waals surface area contributed by atoms with E-state index in [1.165, 1.54) is 0 Å². The Bertz CT molecular complexity index is 654. The summed E-state index contributed by atoms with van der Waals surface area (Å²) < 4.78 is 5.70. The van der Waals surface area contributed by atoms with Gasteiger partial charge < -0.3 is 15.4 Å². The van der Waals surface area contributed by atoms with Crippen LogP contribution in [0.3, 0.4) is 0 Å². The number of nitrogens with one attached hydrogen (secondary N) is 2. The van der Waals surface area contributed by atoms with E-state index in [0.717, 1.165) is 0 Å². The molecular formula is C18H20N2O3. The number of carbonyl (C=O) groups excluding carboxylic acids is 2. The van der Waals surface area contributed by atoms with E-state index in [9.17, 15) is 9.59 Å². The first kappa shape index (κ1) is 16.5. The molecule has 23 heavy (non-hydrogen) atoms. The molecule has 0 radical (unpaired) electrons. The van der Waals surface area contributed by atoms with Gasteiger partial charge in [-0.3, -0.25) is 9.59 Å². The third-order valence-corrected chi connectivity index (χ3v) is 3.33. The number of benzene rings is 2. The van der Waals surface area contributed by atoms with Crippen molar-refractivity contribution in [3.63, 3.8) is 0 Å². The SMILES string of the molecule is CCC(Oc1ccccc1)C(=O)Nc1ccc(C(=O)NC)cc1. The molecule has 0 aliphatic heterocycles. The molecule has 2 N–H and O–H groups in total. The minimum Gasteiger partial charge on any atom is -0.481 e. The average molecular weight is 312 g/mol. The van der Waals surface area contributed by atoms with Crippen LogP contribution in [0, 0.1) is 0 Å².